The van der Waals surface area contributed by atoms with E-state index in [0.717, 1.165) is 12.8 Å². The highest BCUT2D eigenvalue weighted by Crippen LogP contribution is 2.46. The molecule has 1 saturated carbocycles. The molecule has 0 aromatic carbocycles. The number of ether oxygens (including phenoxy) is 1. The minimum atomic E-state index is -2.72. The van der Waals surface area contributed by atoms with Crippen LogP contribution in [0, 0.1) is 11.8 Å². The molecule has 0 radical (unpaired) electrons. The van der Waals surface area contributed by atoms with Crippen molar-refractivity contribution in [3.8, 4) is 0 Å². The Morgan fingerprint density at radius 1 is 1.23 bits per heavy atom. The Labute approximate surface area is 79.4 Å². The molecule has 0 spiro atoms. The third-order valence-electron chi connectivity index (χ3n) is 3.48. The van der Waals surface area contributed by atoms with Crippen molar-refractivity contribution in [2.75, 3.05) is 18.6 Å². The lowest BCUT2D eigenvalue weighted by molar-refractivity contribution is 0.00769. The van der Waals surface area contributed by atoms with Gasteiger partial charge in [-0.2, -0.15) is 0 Å². The largest absolute Gasteiger partial charge is 0.379 e. The minimum absolute atomic E-state index is 0.0642. The molecular formula is C9H16O3S. The van der Waals surface area contributed by atoms with E-state index >= 15 is 0 Å². The number of fused-ring (bicyclic) bond motifs is 1. The molecule has 1 aliphatic heterocycles. The second kappa shape index (κ2) is 2.70. The molecule has 1 saturated heterocycles. The van der Waals surface area contributed by atoms with Gasteiger partial charge in [-0.05, 0) is 31.6 Å². The summed E-state index contributed by atoms with van der Waals surface area (Å²) >= 11 is 0. The standard InChI is InChI=1S/C9H16O3S/c1-9(12-2)3-7-5-13(10,11)6-8(7)4-9/h7-8H,3-6H2,1-2H3. The summed E-state index contributed by atoms with van der Waals surface area (Å²) in [4.78, 5) is 0. The summed E-state index contributed by atoms with van der Waals surface area (Å²) in [6, 6.07) is 0. The third kappa shape index (κ3) is 1.62. The summed E-state index contributed by atoms with van der Waals surface area (Å²) < 4.78 is 28.0. The van der Waals surface area contributed by atoms with Gasteiger partial charge >= 0.3 is 0 Å². The zero-order valence-electron chi connectivity index (χ0n) is 8.12. The second-order valence-corrected chi connectivity index (χ2v) is 6.81. The molecule has 76 valence electrons. The SMILES string of the molecule is COC1(C)CC2CS(=O)(=O)CC2C1. The lowest BCUT2D eigenvalue weighted by Crippen LogP contribution is -2.25. The number of rotatable bonds is 1. The molecule has 1 aliphatic carbocycles. The van der Waals surface area contributed by atoms with Crippen LogP contribution in [-0.4, -0.2) is 32.6 Å². The van der Waals surface area contributed by atoms with E-state index in [-0.39, 0.29) is 5.60 Å². The van der Waals surface area contributed by atoms with Gasteiger partial charge in [0.25, 0.3) is 0 Å². The first-order valence-electron chi connectivity index (χ1n) is 4.70. The van der Waals surface area contributed by atoms with Gasteiger partial charge < -0.3 is 4.74 Å². The van der Waals surface area contributed by atoms with E-state index in [4.69, 9.17) is 4.74 Å². The van der Waals surface area contributed by atoms with Crippen LogP contribution in [0.2, 0.25) is 0 Å². The zero-order chi connectivity index (χ0) is 9.69. The van der Waals surface area contributed by atoms with Gasteiger partial charge in [-0.15, -0.1) is 0 Å². The van der Waals surface area contributed by atoms with Crippen molar-refractivity contribution in [1.82, 2.24) is 0 Å². The fraction of sp³-hybridized carbons (Fsp3) is 1.00. The summed E-state index contributed by atoms with van der Waals surface area (Å²) in [6.45, 7) is 2.08. The van der Waals surface area contributed by atoms with Crippen LogP contribution in [0.3, 0.4) is 0 Å². The van der Waals surface area contributed by atoms with Crippen molar-refractivity contribution in [3.63, 3.8) is 0 Å². The van der Waals surface area contributed by atoms with Gasteiger partial charge in [0.1, 0.15) is 0 Å². The zero-order valence-corrected chi connectivity index (χ0v) is 8.93. The molecule has 4 heteroatoms. The van der Waals surface area contributed by atoms with Gasteiger partial charge in [-0.3, -0.25) is 0 Å². The van der Waals surface area contributed by atoms with E-state index < -0.39 is 9.84 Å². The molecule has 2 unspecified atom stereocenters. The van der Waals surface area contributed by atoms with E-state index in [1.54, 1.807) is 7.11 Å². The molecule has 1 heterocycles. The topological polar surface area (TPSA) is 43.4 Å². The summed E-state index contributed by atoms with van der Waals surface area (Å²) in [5.41, 5.74) is -0.0642. The number of sulfone groups is 1. The first kappa shape index (κ1) is 9.46. The maximum atomic E-state index is 11.3. The molecule has 0 amide bonds. The fourth-order valence-corrected chi connectivity index (χ4v) is 5.02. The van der Waals surface area contributed by atoms with Gasteiger partial charge in [0.15, 0.2) is 9.84 Å². The van der Waals surface area contributed by atoms with Crippen molar-refractivity contribution >= 4 is 9.84 Å². The fourth-order valence-electron chi connectivity index (χ4n) is 2.80. The Bertz CT molecular complexity index is 287. The van der Waals surface area contributed by atoms with Crippen LogP contribution >= 0.6 is 0 Å². The number of methoxy groups -OCH3 is 1. The van der Waals surface area contributed by atoms with E-state index in [9.17, 15) is 8.42 Å². The molecule has 0 N–H and O–H groups in total. The summed E-state index contributed by atoms with van der Waals surface area (Å²) in [7, 11) is -1.00. The summed E-state index contributed by atoms with van der Waals surface area (Å²) in [6.07, 6.45) is 1.82. The molecule has 13 heavy (non-hydrogen) atoms. The minimum Gasteiger partial charge on any atom is -0.379 e. The molecule has 0 aromatic heterocycles. The Morgan fingerprint density at radius 3 is 2.08 bits per heavy atom. The van der Waals surface area contributed by atoms with Gasteiger partial charge in [0.2, 0.25) is 0 Å². The number of hydrogen-bond acceptors (Lipinski definition) is 3. The average molecular weight is 204 g/mol. The van der Waals surface area contributed by atoms with Crippen molar-refractivity contribution in [2.45, 2.75) is 25.4 Å². The lowest BCUT2D eigenvalue weighted by atomic mass is 10.0. The van der Waals surface area contributed by atoms with Crippen LogP contribution in [0.5, 0.6) is 0 Å². The van der Waals surface area contributed by atoms with Crippen LogP contribution in [0.25, 0.3) is 0 Å². The highest BCUT2D eigenvalue weighted by Gasteiger charge is 2.49. The molecular weight excluding hydrogens is 188 g/mol. The van der Waals surface area contributed by atoms with Crippen molar-refractivity contribution in [2.24, 2.45) is 11.8 Å². The molecule has 2 fully saturated rings. The van der Waals surface area contributed by atoms with Crippen LogP contribution in [-0.2, 0) is 14.6 Å². The van der Waals surface area contributed by atoms with Crippen molar-refractivity contribution in [3.05, 3.63) is 0 Å². The highest BCUT2D eigenvalue weighted by atomic mass is 32.2. The van der Waals surface area contributed by atoms with Gasteiger partial charge in [-0.1, -0.05) is 0 Å². The normalized spacial score (nSPS) is 47.8. The molecule has 0 bridgehead atoms. The van der Waals surface area contributed by atoms with Crippen LogP contribution in [0.1, 0.15) is 19.8 Å². The van der Waals surface area contributed by atoms with E-state index in [0.29, 0.717) is 23.3 Å². The van der Waals surface area contributed by atoms with E-state index in [1.165, 1.54) is 0 Å². The lowest BCUT2D eigenvalue weighted by Gasteiger charge is -2.22. The van der Waals surface area contributed by atoms with Gasteiger partial charge in [-0.25, -0.2) is 8.42 Å². The third-order valence-corrected chi connectivity index (χ3v) is 5.36. The Hall–Kier alpha value is -0.0900. The van der Waals surface area contributed by atoms with Gasteiger partial charge in [0, 0.05) is 7.11 Å². The molecule has 2 rings (SSSR count). The smallest absolute Gasteiger partial charge is 0.150 e. The van der Waals surface area contributed by atoms with E-state index in [2.05, 4.69) is 6.92 Å². The monoisotopic (exact) mass is 204 g/mol. The maximum absolute atomic E-state index is 11.3. The van der Waals surface area contributed by atoms with Gasteiger partial charge in [0.05, 0.1) is 17.1 Å². The predicted octanol–water partition coefficient (Wildman–Crippen LogP) is 0.846. The first-order chi connectivity index (χ1) is 5.94. The van der Waals surface area contributed by atoms with Crippen LogP contribution in [0.15, 0.2) is 0 Å². The Balaban J connectivity index is 2.13. The molecule has 2 atom stereocenters. The highest BCUT2D eigenvalue weighted by molar-refractivity contribution is 7.91. The maximum Gasteiger partial charge on any atom is 0.150 e. The quantitative estimate of drug-likeness (QED) is 0.636. The Kier molecular flexibility index (Phi) is 1.97. The summed E-state index contributed by atoms with van der Waals surface area (Å²) in [5, 5.41) is 0. The van der Waals surface area contributed by atoms with Crippen LogP contribution < -0.4 is 0 Å². The average Bonchev–Trinajstić information content (AvgIpc) is 2.38. The molecule has 0 aromatic rings. The molecule has 2 aliphatic rings. The first-order valence-corrected chi connectivity index (χ1v) is 6.52. The van der Waals surface area contributed by atoms with E-state index in [1.807, 2.05) is 0 Å². The summed E-state index contributed by atoms with van der Waals surface area (Å²) in [5.74, 6) is 1.48. The number of hydrogen-bond donors (Lipinski definition) is 0. The second-order valence-electron chi connectivity index (χ2n) is 4.66. The van der Waals surface area contributed by atoms with Crippen molar-refractivity contribution < 1.29 is 13.2 Å². The molecule has 3 nitrogen and oxygen atoms in total. The predicted molar refractivity (Wildman–Crippen MR) is 50.3 cm³/mol. The Morgan fingerprint density at radius 2 is 1.69 bits per heavy atom. The van der Waals surface area contributed by atoms with Crippen LogP contribution in [0.4, 0.5) is 0 Å². The van der Waals surface area contributed by atoms with Crippen molar-refractivity contribution in [1.29, 1.82) is 0 Å².